The van der Waals surface area contributed by atoms with Crippen LogP contribution in [0.2, 0.25) is 0 Å². The van der Waals surface area contributed by atoms with Gasteiger partial charge in [-0.25, -0.2) is 23.2 Å². The summed E-state index contributed by atoms with van der Waals surface area (Å²) >= 11 is 1.37. The lowest BCUT2D eigenvalue weighted by Crippen LogP contribution is -2.43. The standard InChI is InChI=1S/C33H33F5N6O3S/c1-19(2)26-17-25(46-4)13-14-27(26)44-20(3)15-16-48-32(44)41-31(45)40-29(35)28(34)21-5-7-22(8-6-21)30-39-18-43(42-30)23-9-11-24(12-10-23)47-33(36,37)38/h5-14,17-20,28-29H,15-16H2,1-4H3,(H,40,45). The molecule has 0 aliphatic carbocycles. The van der Waals surface area contributed by atoms with Crippen LogP contribution in [-0.2, 0) is 0 Å². The van der Waals surface area contributed by atoms with Crippen LogP contribution in [0.3, 0.4) is 0 Å². The molecule has 0 radical (unpaired) electrons. The second-order valence-electron chi connectivity index (χ2n) is 11.3. The minimum Gasteiger partial charge on any atom is -0.497 e. The first-order chi connectivity index (χ1) is 22.8. The summed E-state index contributed by atoms with van der Waals surface area (Å²) in [5.41, 5.74) is 2.75. The Morgan fingerprint density at radius 2 is 1.73 bits per heavy atom. The van der Waals surface area contributed by atoms with Gasteiger partial charge in [0, 0.05) is 23.0 Å². The van der Waals surface area contributed by atoms with Gasteiger partial charge in [0.05, 0.1) is 12.8 Å². The van der Waals surface area contributed by atoms with Gasteiger partial charge < -0.3 is 19.7 Å². The predicted octanol–water partition coefficient (Wildman–Crippen LogP) is 8.37. The maximum absolute atomic E-state index is 15.2. The first kappa shape index (κ1) is 34.7. The Morgan fingerprint density at radius 1 is 1.04 bits per heavy atom. The minimum atomic E-state index is -4.81. The molecule has 3 unspecified atom stereocenters. The predicted molar refractivity (Wildman–Crippen MR) is 174 cm³/mol. The number of urea groups is 1. The molecule has 1 fully saturated rings. The van der Waals surface area contributed by atoms with Gasteiger partial charge in [-0.1, -0.05) is 49.9 Å². The highest BCUT2D eigenvalue weighted by molar-refractivity contribution is 8.14. The van der Waals surface area contributed by atoms with Crippen LogP contribution in [0.5, 0.6) is 11.5 Å². The van der Waals surface area contributed by atoms with Crippen LogP contribution < -0.4 is 19.7 Å². The molecule has 48 heavy (non-hydrogen) atoms. The SMILES string of the molecule is COc1ccc(N2C(=NC(=O)NC(F)C(F)c3ccc(-c4ncn(-c5ccc(OC(F)(F)F)cc5)n4)cc3)SCCC2C)c(C(C)C)c1. The zero-order valence-electron chi connectivity index (χ0n) is 26.4. The number of carbonyl (C=O) groups excluding carboxylic acids is 1. The van der Waals surface area contributed by atoms with Gasteiger partial charge in [0.2, 0.25) is 6.30 Å². The number of rotatable bonds is 9. The largest absolute Gasteiger partial charge is 0.573 e. The van der Waals surface area contributed by atoms with Crippen LogP contribution >= 0.6 is 11.8 Å². The normalized spacial score (nSPS) is 17.3. The summed E-state index contributed by atoms with van der Waals surface area (Å²) in [5, 5.41) is 6.72. The number of anilines is 1. The van der Waals surface area contributed by atoms with Crippen molar-refractivity contribution in [3.05, 3.63) is 84.2 Å². The summed E-state index contributed by atoms with van der Waals surface area (Å²) in [6.07, 6.45) is -7.16. The van der Waals surface area contributed by atoms with E-state index in [-0.39, 0.29) is 29.1 Å². The van der Waals surface area contributed by atoms with Gasteiger partial charge in [0.1, 0.15) is 17.8 Å². The molecule has 2 amide bonds. The lowest BCUT2D eigenvalue weighted by molar-refractivity contribution is -0.274. The average Bonchev–Trinajstić information content (AvgIpc) is 3.54. The highest BCUT2D eigenvalue weighted by atomic mass is 32.2. The number of alkyl halides is 5. The van der Waals surface area contributed by atoms with Gasteiger partial charge in [-0.15, -0.1) is 18.3 Å². The van der Waals surface area contributed by atoms with Crippen molar-refractivity contribution in [1.29, 1.82) is 0 Å². The summed E-state index contributed by atoms with van der Waals surface area (Å²) in [6.45, 7) is 6.13. The molecule has 2 heterocycles. The molecule has 1 aliphatic rings. The van der Waals surface area contributed by atoms with Crippen molar-refractivity contribution in [2.45, 2.75) is 58.0 Å². The zero-order chi connectivity index (χ0) is 34.6. The van der Waals surface area contributed by atoms with Crippen molar-refractivity contribution in [2.75, 3.05) is 17.8 Å². The molecular weight excluding hydrogens is 655 g/mol. The second kappa shape index (κ2) is 14.6. The Labute approximate surface area is 278 Å². The maximum atomic E-state index is 15.2. The van der Waals surface area contributed by atoms with E-state index in [1.807, 2.05) is 35.3 Å². The zero-order valence-corrected chi connectivity index (χ0v) is 27.2. The lowest BCUT2D eigenvalue weighted by atomic mass is 9.99. The number of hydrogen-bond acceptors (Lipinski definition) is 6. The van der Waals surface area contributed by atoms with E-state index >= 15 is 8.78 Å². The third-order valence-corrected chi connectivity index (χ3v) is 8.55. The van der Waals surface area contributed by atoms with E-state index in [9.17, 15) is 18.0 Å². The van der Waals surface area contributed by atoms with Gasteiger partial charge in [-0.3, -0.25) is 0 Å². The molecule has 9 nitrogen and oxygen atoms in total. The first-order valence-electron chi connectivity index (χ1n) is 15.0. The lowest BCUT2D eigenvalue weighted by Gasteiger charge is -2.37. The van der Waals surface area contributed by atoms with Crippen molar-refractivity contribution in [3.8, 4) is 28.6 Å². The molecule has 0 spiro atoms. The number of aliphatic imine (C=N–C) groups is 1. The van der Waals surface area contributed by atoms with Crippen LogP contribution in [0.25, 0.3) is 17.1 Å². The number of methoxy groups -OCH3 is 1. The number of carbonyl (C=O) groups is 1. The third kappa shape index (κ3) is 8.24. The molecule has 0 saturated carbocycles. The van der Waals surface area contributed by atoms with E-state index in [0.29, 0.717) is 27.9 Å². The number of amides is 2. The monoisotopic (exact) mass is 688 g/mol. The Bertz CT molecular complexity index is 1750. The molecule has 1 aromatic heterocycles. The van der Waals surface area contributed by atoms with Crippen molar-refractivity contribution >= 4 is 28.6 Å². The fourth-order valence-electron chi connectivity index (χ4n) is 5.09. The average molecular weight is 689 g/mol. The number of halogens is 5. The molecule has 1 N–H and O–H groups in total. The molecule has 1 saturated heterocycles. The van der Waals surface area contributed by atoms with Crippen molar-refractivity contribution in [2.24, 2.45) is 4.99 Å². The van der Waals surface area contributed by atoms with E-state index in [4.69, 9.17) is 4.74 Å². The van der Waals surface area contributed by atoms with E-state index < -0.39 is 24.9 Å². The van der Waals surface area contributed by atoms with Gasteiger partial charge >= 0.3 is 12.4 Å². The number of aromatic nitrogens is 3. The van der Waals surface area contributed by atoms with E-state index in [2.05, 4.69) is 33.7 Å². The second-order valence-corrected chi connectivity index (χ2v) is 12.3. The smallest absolute Gasteiger partial charge is 0.497 e. The number of hydrogen-bond donors (Lipinski definition) is 1. The molecule has 4 aromatic rings. The highest BCUT2D eigenvalue weighted by Gasteiger charge is 2.32. The van der Waals surface area contributed by atoms with Gasteiger partial charge in [0.15, 0.2) is 17.2 Å². The molecule has 0 bridgehead atoms. The molecule has 254 valence electrons. The van der Waals surface area contributed by atoms with E-state index in [1.165, 1.54) is 59.2 Å². The Kier molecular flexibility index (Phi) is 10.6. The first-order valence-corrected chi connectivity index (χ1v) is 16.0. The van der Waals surface area contributed by atoms with Crippen LogP contribution in [0.1, 0.15) is 50.4 Å². The fraction of sp³-hybridized carbons (Fsp3) is 0.333. The molecule has 15 heteroatoms. The van der Waals surface area contributed by atoms with Gasteiger partial charge in [-0.2, -0.15) is 4.99 Å². The van der Waals surface area contributed by atoms with Gasteiger partial charge in [0.25, 0.3) is 0 Å². The number of nitrogens with zero attached hydrogens (tertiary/aromatic N) is 5. The Hall–Kier alpha value is -4.66. The minimum absolute atomic E-state index is 0.0107. The van der Waals surface area contributed by atoms with Crippen LogP contribution in [0.4, 0.5) is 32.4 Å². The van der Waals surface area contributed by atoms with Crippen molar-refractivity contribution in [3.63, 3.8) is 0 Å². The van der Waals surface area contributed by atoms with E-state index in [1.54, 1.807) is 7.11 Å². The number of benzene rings is 3. The number of amidine groups is 1. The molecule has 3 aromatic carbocycles. The molecule has 5 rings (SSSR count). The molecular formula is C33H33F5N6O3S. The molecule has 3 atom stereocenters. The Morgan fingerprint density at radius 3 is 2.38 bits per heavy atom. The number of nitrogens with one attached hydrogen (secondary N) is 1. The van der Waals surface area contributed by atoms with Crippen molar-refractivity contribution in [1.82, 2.24) is 20.1 Å². The topological polar surface area (TPSA) is 93.9 Å². The van der Waals surface area contributed by atoms with Crippen LogP contribution in [0.15, 0.2) is 78.0 Å². The summed E-state index contributed by atoms with van der Waals surface area (Å²) in [6, 6.07) is 15.4. The maximum Gasteiger partial charge on any atom is 0.573 e. The summed E-state index contributed by atoms with van der Waals surface area (Å²) < 4.78 is 78.2. The summed E-state index contributed by atoms with van der Waals surface area (Å²) in [5.74, 6) is 1.43. The van der Waals surface area contributed by atoms with E-state index in [0.717, 1.165) is 29.8 Å². The summed E-state index contributed by atoms with van der Waals surface area (Å²) in [7, 11) is 1.59. The van der Waals surface area contributed by atoms with Crippen LogP contribution in [0, 0.1) is 0 Å². The Balaban J connectivity index is 1.25. The molecule has 1 aliphatic heterocycles. The highest BCUT2D eigenvalue weighted by Crippen LogP contribution is 2.37. The van der Waals surface area contributed by atoms with Crippen molar-refractivity contribution < 1.29 is 36.2 Å². The number of thioether (sulfide) groups is 1. The van der Waals surface area contributed by atoms with Gasteiger partial charge in [-0.05, 0) is 72.9 Å². The quantitative estimate of drug-likeness (QED) is 0.140. The summed E-state index contributed by atoms with van der Waals surface area (Å²) in [4.78, 5) is 23.2. The number of ether oxygens (including phenoxy) is 2. The van der Waals surface area contributed by atoms with Crippen LogP contribution in [-0.4, -0.2) is 57.5 Å². The third-order valence-electron chi connectivity index (χ3n) is 7.56. The fourth-order valence-corrected chi connectivity index (χ4v) is 6.30.